The number of thiocarbonyl (C=S) groups is 1. The maximum atomic E-state index is 13.0. The van der Waals surface area contributed by atoms with Crippen molar-refractivity contribution in [1.29, 1.82) is 0 Å². The minimum absolute atomic E-state index is 0.124. The zero-order chi connectivity index (χ0) is 20.4. The van der Waals surface area contributed by atoms with Crippen LogP contribution in [-0.4, -0.2) is 42.8 Å². The number of pyridine rings is 1. The van der Waals surface area contributed by atoms with E-state index in [0.29, 0.717) is 26.5 Å². The van der Waals surface area contributed by atoms with Crippen molar-refractivity contribution in [2.24, 2.45) is 0 Å². The average Bonchev–Trinajstić information content (AvgIpc) is 3.33. The third-order valence-electron chi connectivity index (χ3n) is 4.22. The van der Waals surface area contributed by atoms with Gasteiger partial charge >= 0.3 is 0 Å². The van der Waals surface area contributed by atoms with E-state index in [0.717, 1.165) is 11.8 Å². The number of thioether (sulfide) groups is 1. The summed E-state index contributed by atoms with van der Waals surface area (Å²) in [7, 11) is 0. The van der Waals surface area contributed by atoms with Gasteiger partial charge in [0.25, 0.3) is 11.5 Å². The number of rotatable bonds is 6. The van der Waals surface area contributed by atoms with Crippen LogP contribution in [0, 0.1) is 0 Å². The Hall–Kier alpha value is -2.95. The van der Waals surface area contributed by atoms with E-state index < -0.39 is 0 Å². The predicted octanol–water partition coefficient (Wildman–Crippen LogP) is 2.09. The number of furan rings is 1. The van der Waals surface area contributed by atoms with E-state index >= 15 is 0 Å². The molecule has 0 atom stereocenters. The minimum Gasteiger partial charge on any atom is -0.467 e. The van der Waals surface area contributed by atoms with Crippen LogP contribution in [0.15, 0.2) is 56.9 Å². The molecule has 3 aromatic rings. The fourth-order valence-electron chi connectivity index (χ4n) is 2.87. The van der Waals surface area contributed by atoms with Gasteiger partial charge in [0.1, 0.15) is 21.5 Å². The van der Waals surface area contributed by atoms with E-state index in [1.807, 2.05) is 0 Å². The van der Waals surface area contributed by atoms with Gasteiger partial charge in [-0.05, 0) is 30.3 Å². The van der Waals surface area contributed by atoms with Gasteiger partial charge in [-0.1, -0.05) is 30.0 Å². The highest BCUT2D eigenvalue weighted by Crippen LogP contribution is 2.34. The molecular weight excluding hydrogens is 412 g/mol. The molecule has 10 heteroatoms. The van der Waals surface area contributed by atoms with Crippen molar-refractivity contribution in [3.63, 3.8) is 0 Å². The molecule has 29 heavy (non-hydrogen) atoms. The molecule has 2 N–H and O–H groups in total. The van der Waals surface area contributed by atoms with E-state index in [1.54, 1.807) is 36.5 Å². The topological polar surface area (TPSA) is 100 Å². The van der Waals surface area contributed by atoms with Gasteiger partial charge in [-0.2, -0.15) is 0 Å². The summed E-state index contributed by atoms with van der Waals surface area (Å²) in [4.78, 5) is 32.1. The second kappa shape index (κ2) is 8.19. The van der Waals surface area contributed by atoms with Gasteiger partial charge in [0.05, 0.1) is 29.9 Å². The monoisotopic (exact) mass is 428 g/mol. The Labute approximate surface area is 174 Å². The molecule has 0 spiro atoms. The second-order valence-corrected chi connectivity index (χ2v) is 7.78. The average molecular weight is 428 g/mol. The summed E-state index contributed by atoms with van der Waals surface area (Å²) >= 11 is 6.45. The van der Waals surface area contributed by atoms with Gasteiger partial charge in [0.15, 0.2) is 0 Å². The van der Waals surface area contributed by atoms with Crippen LogP contribution in [0.2, 0.25) is 0 Å². The number of nitrogens with zero attached hydrogens (tertiary/aromatic N) is 3. The Balaban J connectivity index is 1.75. The zero-order valence-electron chi connectivity index (χ0n) is 15.1. The van der Waals surface area contributed by atoms with Crippen molar-refractivity contribution in [3.8, 4) is 0 Å². The summed E-state index contributed by atoms with van der Waals surface area (Å²) in [5.41, 5.74) is 0.355. The first-order valence-electron chi connectivity index (χ1n) is 8.72. The lowest BCUT2D eigenvalue weighted by Crippen LogP contribution is -2.27. The quantitative estimate of drug-likeness (QED) is 0.455. The highest BCUT2D eigenvalue weighted by molar-refractivity contribution is 8.26. The molecule has 1 aliphatic rings. The van der Waals surface area contributed by atoms with Gasteiger partial charge in [0.2, 0.25) is 0 Å². The van der Waals surface area contributed by atoms with Gasteiger partial charge < -0.3 is 14.8 Å². The van der Waals surface area contributed by atoms with Crippen molar-refractivity contribution in [2.75, 3.05) is 18.5 Å². The molecule has 0 aromatic carbocycles. The van der Waals surface area contributed by atoms with Crippen LogP contribution in [0.25, 0.3) is 11.7 Å². The molecule has 4 heterocycles. The molecule has 1 aliphatic heterocycles. The number of hydrogen-bond acceptors (Lipinski definition) is 8. The number of anilines is 1. The van der Waals surface area contributed by atoms with E-state index in [9.17, 15) is 9.59 Å². The summed E-state index contributed by atoms with van der Waals surface area (Å²) in [5, 5.41) is 12.1. The summed E-state index contributed by atoms with van der Waals surface area (Å²) in [5.74, 6) is 0.605. The number of fused-ring (bicyclic) bond motifs is 1. The fraction of sp³-hybridized carbons (Fsp3) is 0.158. The molecule has 0 saturated carbocycles. The SMILES string of the molecule is O=C1/C(=C\c2c(NCCO)nc3ccccn3c2=O)SC(=S)N1Cc1ccco1. The number of amides is 1. The first-order valence-corrected chi connectivity index (χ1v) is 9.95. The van der Waals surface area contributed by atoms with Crippen molar-refractivity contribution in [3.05, 3.63) is 69.4 Å². The lowest BCUT2D eigenvalue weighted by atomic mass is 10.2. The normalized spacial score (nSPS) is 15.6. The van der Waals surface area contributed by atoms with Gasteiger partial charge in [-0.25, -0.2) is 4.98 Å². The van der Waals surface area contributed by atoms with E-state index in [1.165, 1.54) is 21.6 Å². The van der Waals surface area contributed by atoms with Crippen LogP contribution >= 0.6 is 24.0 Å². The Morgan fingerprint density at radius 3 is 2.90 bits per heavy atom. The van der Waals surface area contributed by atoms with Crippen molar-refractivity contribution < 1.29 is 14.3 Å². The first-order chi connectivity index (χ1) is 14.1. The van der Waals surface area contributed by atoms with E-state index in [2.05, 4.69) is 10.3 Å². The summed E-state index contributed by atoms with van der Waals surface area (Å²) in [6.07, 6.45) is 4.64. The number of aromatic nitrogens is 2. The molecular formula is C19H16N4O4S2. The maximum Gasteiger partial charge on any atom is 0.267 e. The Morgan fingerprint density at radius 2 is 2.14 bits per heavy atom. The van der Waals surface area contributed by atoms with Crippen LogP contribution in [0.4, 0.5) is 5.82 Å². The third-order valence-corrected chi connectivity index (χ3v) is 5.59. The van der Waals surface area contributed by atoms with E-state index in [-0.39, 0.29) is 36.7 Å². The number of nitrogens with one attached hydrogen (secondary N) is 1. The standard InChI is InChI=1S/C19H16N4O4S2/c24-8-6-20-16-13(17(25)22-7-2-1-5-15(22)21-16)10-14-18(26)23(19(28)29-14)11-12-4-3-9-27-12/h1-5,7,9-10,20,24H,6,8,11H2/b14-10+. The number of carbonyl (C=O) groups excluding carboxylic acids is 1. The summed E-state index contributed by atoms with van der Waals surface area (Å²) in [6.45, 7) is 0.315. The molecule has 0 radical (unpaired) electrons. The van der Waals surface area contributed by atoms with E-state index in [4.69, 9.17) is 21.7 Å². The number of aliphatic hydroxyl groups excluding tert-OH is 1. The second-order valence-electron chi connectivity index (χ2n) is 6.11. The smallest absolute Gasteiger partial charge is 0.267 e. The van der Waals surface area contributed by atoms with Crippen molar-refractivity contribution in [1.82, 2.24) is 14.3 Å². The predicted molar refractivity (Wildman–Crippen MR) is 114 cm³/mol. The van der Waals surface area contributed by atoms with Gasteiger partial charge in [0, 0.05) is 12.7 Å². The highest BCUT2D eigenvalue weighted by Gasteiger charge is 2.33. The Morgan fingerprint density at radius 1 is 1.28 bits per heavy atom. The van der Waals surface area contributed by atoms with Crippen LogP contribution < -0.4 is 10.9 Å². The molecule has 148 valence electrons. The van der Waals surface area contributed by atoms with Gasteiger partial charge in [-0.15, -0.1) is 0 Å². The zero-order valence-corrected chi connectivity index (χ0v) is 16.7. The summed E-state index contributed by atoms with van der Waals surface area (Å²) < 4.78 is 7.08. The largest absolute Gasteiger partial charge is 0.467 e. The fourth-order valence-corrected chi connectivity index (χ4v) is 4.10. The van der Waals surface area contributed by atoms with Gasteiger partial charge in [-0.3, -0.25) is 18.9 Å². The molecule has 0 bridgehead atoms. The lowest BCUT2D eigenvalue weighted by molar-refractivity contribution is -0.122. The lowest BCUT2D eigenvalue weighted by Gasteiger charge is -2.12. The molecule has 0 aliphatic carbocycles. The number of hydrogen-bond donors (Lipinski definition) is 2. The summed E-state index contributed by atoms with van der Waals surface area (Å²) in [6, 6.07) is 8.71. The molecule has 1 amide bonds. The Kier molecular flexibility index (Phi) is 5.47. The van der Waals surface area contributed by atoms with Crippen LogP contribution in [-0.2, 0) is 11.3 Å². The third kappa shape index (κ3) is 3.82. The minimum atomic E-state index is -0.327. The van der Waals surface area contributed by atoms with Crippen molar-refractivity contribution >= 4 is 51.7 Å². The van der Waals surface area contributed by atoms with Crippen LogP contribution in [0.5, 0.6) is 0 Å². The number of aliphatic hydroxyl groups is 1. The number of carbonyl (C=O) groups is 1. The molecule has 0 unspecified atom stereocenters. The first kappa shape index (κ1) is 19.4. The molecule has 8 nitrogen and oxygen atoms in total. The highest BCUT2D eigenvalue weighted by atomic mass is 32.2. The molecule has 4 rings (SSSR count). The maximum absolute atomic E-state index is 13.0. The van der Waals surface area contributed by atoms with Crippen LogP contribution in [0.1, 0.15) is 11.3 Å². The molecule has 1 saturated heterocycles. The molecule has 3 aromatic heterocycles. The Bertz CT molecular complexity index is 1170. The van der Waals surface area contributed by atoms with Crippen LogP contribution in [0.3, 0.4) is 0 Å². The van der Waals surface area contributed by atoms with Crippen molar-refractivity contribution in [2.45, 2.75) is 6.54 Å². The molecule has 1 fully saturated rings.